The Labute approximate surface area is 249 Å². The summed E-state index contributed by atoms with van der Waals surface area (Å²) in [6.45, 7) is -0.487. The number of nitrogens with zero attached hydrogens (tertiary/aromatic N) is 3. The van der Waals surface area contributed by atoms with Gasteiger partial charge in [0, 0.05) is 29.0 Å². The Hall–Kier alpha value is -3.41. The molecule has 3 unspecified atom stereocenters. The third kappa shape index (κ3) is 6.91. The number of aliphatic imine (C=N–C) groups is 1. The van der Waals surface area contributed by atoms with Crippen LogP contribution in [0.5, 0.6) is 0 Å². The minimum atomic E-state index is -1.36. The van der Waals surface area contributed by atoms with Crippen molar-refractivity contribution < 1.29 is 24.3 Å². The van der Waals surface area contributed by atoms with E-state index < -0.39 is 48.5 Å². The first kappa shape index (κ1) is 30.5. The summed E-state index contributed by atoms with van der Waals surface area (Å²) in [6.07, 6.45) is 2.88. The minimum Gasteiger partial charge on any atom is -0.480 e. The van der Waals surface area contributed by atoms with Gasteiger partial charge in [-0.05, 0) is 37.0 Å². The fraction of sp³-hybridized carbons (Fsp3) is 0.414. The van der Waals surface area contributed by atoms with Crippen molar-refractivity contribution in [3.05, 3.63) is 64.7 Å². The van der Waals surface area contributed by atoms with Gasteiger partial charge in [-0.3, -0.25) is 19.3 Å². The van der Waals surface area contributed by atoms with Crippen LogP contribution in [0.3, 0.4) is 0 Å². The molecule has 0 spiro atoms. The first-order valence-corrected chi connectivity index (χ1v) is 14.5. The van der Waals surface area contributed by atoms with Gasteiger partial charge in [0.05, 0.1) is 17.4 Å². The molecular weight excluding hydrogens is 566 g/mol. The molecule has 1 aliphatic carbocycles. The predicted molar refractivity (Wildman–Crippen MR) is 160 cm³/mol. The molecule has 12 heteroatoms. The number of carboxylic acid groups (broad SMARTS) is 1. The third-order valence-corrected chi connectivity index (χ3v) is 8.15. The van der Waals surface area contributed by atoms with Crippen LogP contribution in [0.1, 0.15) is 43.2 Å². The number of aliphatic carboxylic acids is 1. The van der Waals surface area contributed by atoms with Crippen LogP contribution in [0.4, 0.5) is 5.69 Å². The smallest absolute Gasteiger partial charge is 0.326 e. The highest BCUT2D eigenvalue weighted by atomic mass is 35.5. The van der Waals surface area contributed by atoms with Crippen molar-refractivity contribution in [1.29, 1.82) is 0 Å². The number of rotatable bonds is 9. The molecule has 1 saturated carbocycles. The fourth-order valence-corrected chi connectivity index (χ4v) is 5.68. The second kappa shape index (κ2) is 13.5. The van der Waals surface area contributed by atoms with E-state index in [2.05, 4.69) is 17.9 Å². The highest BCUT2D eigenvalue weighted by Gasteiger charge is 2.39. The van der Waals surface area contributed by atoms with E-state index in [1.165, 1.54) is 11.9 Å². The molecule has 4 N–H and O–H groups in total. The summed E-state index contributed by atoms with van der Waals surface area (Å²) in [5, 5.41) is 12.9. The summed E-state index contributed by atoms with van der Waals surface area (Å²) in [5.74, 6) is -3.09. The molecule has 10 nitrogen and oxygen atoms in total. The zero-order valence-corrected chi connectivity index (χ0v) is 24.4. The Bertz CT molecular complexity index is 1330. The number of hydrogen-bond donors (Lipinski definition) is 4. The standard InChI is InChI=1S/C29H34ClN5O5S/c1-34(27(37)21(31)16-41)26-28(38)35(15-23(36)32-25(29(39)40)18-10-6-3-7-11-18)22-13-12-19(30)14-20(22)24(33-26)17-8-4-2-5-9-17/h2,4-5,8-9,12-14,18,21,25-26,41H,3,6-7,10-11,15-16,31H2,1H3,(H,32,36)(H,39,40). The van der Waals surface area contributed by atoms with Gasteiger partial charge in [-0.15, -0.1) is 0 Å². The van der Waals surface area contributed by atoms with E-state index in [0.29, 0.717) is 40.4 Å². The maximum Gasteiger partial charge on any atom is 0.326 e. The summed E-state index contributed by atoms with van der Waals surface area (Å²) in [5.41, 5.74) is 7.85. The van der Waals surface area contributed by atoms with Crippen molar-refractivity contribution in [1.82, 2.24) is 10.2 Å². The predicted octanol–water partition coefficient (Wildman–Crippen LogP) is 2.72. The van der Waals surface area contributed by atoms with Gasteiger partial charge in [0.1, 0.15) is 12.6 Å². The molecule has 41 heavy (non-hydrogen) atoms. The van der Waals surface area contributed by atoms with Crippen molar-refractivity contribution in [3.8, 4) is 0 Å². The van der Waals surface area contributed by atoms with Gasteiger partial charge in [0.25, 0.3) is 5.91 Å². The van der Waals surface area contributed by atoms with Crippen molar-refractivity contribution in [2.45, 2.75) is 50.4 Å². The quantitative estimate of drug-likeness (QED) is 0.326. The Balaban J connectivity index is 1.76. The Morgan fingerprint density at radius 3 is 2.49 bits per heavy atom. The number of likely N-dealkylation sites (N-methyl/N-ethyl adjacent to an activating group) is 1. The van der Waals surface area contributed by atoms with Crippen molar-refractivity contribution in [2.24, 2.45) is 16.6 Å². The molecule has 4 rings (SSSR count). The molecule has 0 bridgehead atoms. The Morgan fingerprint density at radius 1 is 1.17 bits per heavy atom. The number of anilines is 1. The van der Waals surface area contributed by atoms with Crippen LogP contribution in [-0.4, -0.2) is 77.0 Å². The molecular formula is C29H34ClN5O5S. The van der Waals surface area contributed by atoms with E-state index in [1.807, 2.05) is 30.3 Å². The van der Waals surface area contributed by atoms with Crippen molar-refractivity contribution in [2.75, 3.05) is 24.2 Å². The van der Waals surface area contributed by atoms with Crippen LogP contribution in [0.2, 0.25) is 5.02 Å². The van der Waals surface area contributed by atoms with E-state index in [-0.39, 0.29) is 11.7 Å². The number of thiol groups is 1. The molecule has 3 amide bonds. The number of nitrogens with one attached hydrogen (secondary N) is 1. The Kier molecular flexibility index (Phi) is 10.1. The molecule has 2 aliphatic rings. The van der Waals surface area contributed by atoms with Gasteiger partial charge in [-0.2, -0.15) is 12.6 Å². The summed E-state index contributed by atoms with van der Waals surface area (Å²) in [6, 6.07) is 11.9. The van der Waals surface area contributed by atoms with E-state index in [0.717, 1.165) is 24.2 Å². The second-order valence-electron chi connectivity index (χ2n) is 10.3. The molecule has 1 fully saturated rings. The highest BCUT2D eigenvalue weighted by Crippen LogP contribution is 2.32. The summed E-state index contributed by atoms with van der Waals surface area (Å²) in [7, 11) is 1.42. The van der Waals surface area contributed by atoms with Crippen LogP contribution < -0.4 is 16.0 Å². The fourth-order valence-electron chi connectivity index (χ4n) is 5.35. The minimum absolute atomic E-state index is 0.0546. The van der Waals surface area contributed by atoms with Crippen LogP contribution in [0.25, 0.3) is 0 Å². The first-order chi connectivity index (χ1) is 19.6. The van der Waals surface area contributed by atoms with Gasteiger partial charge in [0.2, 0.25) is 18.0 Å². The third-order valence-electron chi connectivity index (χ3n) is 7.52. The van der Waals surface area contributed by atoms with E-state index in [1.54, 1.807) is 18.2 Å². The lowest BCUT2D eigenvalue weighted by Gasteiger charge is -2.31. The van der Waals surface area contributed by atoms with Crippen molar-refractivity contribution >= 4 is 59.3 Å². The number of carbonyl (C=O) groups excluding carboxylic acids is 3. The molecule has 1 heterocycles. The largest absolute Gasteiger partial charge is 0.480 e. The molecule has 2 aromatic rings. The maximum atomic E-state index is 14.1. The average Bonchev–Trinajstić information content (AvgIpc) is 3.09. The number of halogens is 1. The maximum absolute atomic E-state index is 14.1. The topological polar surface area (TPSA) is 145 Å². The lowest BCUT2D eigenvalue weighted by Crippen LogP contribution is -2.55. The number of fused-ring (bicyclic) bond motifs is 1. The molecule has 0 radical (unpaired) electrons. The summed E-state index contributed by atoms with van der Waals surface area (Å²) in [4.78, 5) is 59.8. The van der Waals surface area contributed by atoms with Gasteiger partial charge < -0.3 is 21.1 Å². The van der Waals surface area contributed by atoms with Crippen LogP contribution in [-0.2, 0) is 19.2 Å². The molecule has 0 aromatic heterocycles. The van der Waals surface area contributed by atoms with E-state index in [9.17, 15) is 24.3 Å². The number of amides is 3. The number of hydrogen-bond acceptors (Lipinski definition) is 7. The highest BCUT2D eigenvalue weighted by molar-refractivity contribution is 7.80. The SMILES string of the molecule is CN(C(=O)C(N)CS)C1N=C(c2ccccc2)c2cc(Cl)ccc2N(CC(=O)NC(C(=O)O)C2CCCCC2)C1=O. The second-order valence-corrected chi connectivity index (χ2v) is 11.1. The van der Waals surface area contributed by atoms with Crippen LogP contribution in [0, 0.1) is 5.92 Å². The van der Waals surface area contributed by atoms with E-state index >= 15 is 0 Å². The lowest BCUT2D eigenvalue weighted by molar-refractivity contribution is -0.143. The zero-order valence-electron chi connectivity index (χ0n) is 22.7. The van der Waals surface area contributed by atoms with Crippen LogP contribution in [0.15, 0.2) is 53.5 Å². The van der Waals surface area contributed by atoms with Crippen molar-refractivity contribution in [3.63, 3.8) is 0 Å². The number of benzodiazepines with no additional fused rings is 1. The molecule has 218 valence electrons. The number of benzene rings is 2. The van der Waals surface area contributed by atoms with E-state index in [4.69, 9.17) is 22.3 Å². The van der Waals surface area contributed by atoms with Gasteiger partial charge in [0.15, 0.2) is 0 Å². The molecule has 2 aromatic carbocycles. The van der Waals surface area contributed by atoms with Crippen LogP contribution >= 0.6 is 24.2 Å². The molecule has 1 aliphatic heterocycles. The molecule has 0 saturated heterocycles. The zero-order chi connectivity index (χ0) is 29.7. The number of nitrogens with two attached hydrogens (primary N) is 1. The van der Waals surface area contributed by atoms with Gasteiger partial charge >= 0.3 is 5.97 Å². The molecule has 3 atom stereocenters. The lowest BCUT2D eigenvalue weighted by atomic mass is 9.84. The normalized spacial score (nSPS) is 18.9. The van der Waals surface area contributed by atoms with Gasteiger partial charge in [-0.1, -0.05) is 61.2 Å². The number of carbonyl (C=O) groups is 4. The monoisotopic (exact) mass is 599 g/mol. The van der Waals surface area contributed by atoms with Gasteiger partial charge in [-0.25, -0.2) is 9.79 Å². The summed E-state index contributed by atoms with van der Waals surface area (Å²) >= 11 is 10.5. The number of carboxylic acids is 1. The summed E-state index contributed by atoms with van der Waals surface area (Å²) < 4.78 is 0. The first-order valence-electron chi connectivity index (χ1n) is 13.5. The Morgan fingerprint density at radius 2 is 1.85 bits per heavy atom. The average molecular weight is 600 g/mol.